The van der Waals surface area contributed by atoms with Crippen LogP contribution in [-0.2, 0) is 16.0 Å². The normalized spacial score (nSPS) is 18.7. The lowest BCUT2D eigenvalue weighted by atomic mass is 10.0. The minimum Gasteiger partial charge on any atom is -0.481 e. The van der Waals surface area contributed by atoms with Gasteiger partial charge in [-0.05, 0) is 30.4 Å². The van der Waals surface area contributed by atoms with Crippen LogP contribution in [0.5, 0.6) is 0 Å². The minimum absolute atomic E-state index is 0.153. The maximum absolute atomic E-state index is 12.2. The number of carbonyl (C=O) groups excluding carboxylic acids is 1. The van der Waals surface area contributed by atoms with Crippen molar-refractivity contribution in [3.05, 3.63) is 21.9 Å². The fraction of sp³-hybridized carbons (Fsp3) is 0.462. The zero-order valence-corrected chi connectivity index (χ0v) is 12.2. The zero-order chi connectivity index (χ0) is 15.6. The van der Waals surface area contributed by atoms with E-state index in [0.29, 0.717) is 6.54 Å². The third kappa shape index (κ3) is 3.33. The summed E-state index contributed by atoms with van der Waals surface area (Å²) in [6.07, 6.45) is 0.0778. The van der Waals surface area contributed by atoms with Crippen molar-refractivity contribution in [3.8, 4) is 0 Å². The Hall–Kier alpha value is -2.09. The number of thiophene rings is 1. The standard InChI is InChI=1S/C13H16N2O5S/c1-7-8-3-5-21-10(8)2-4-15(7)13(20)14-9(12(18)19)6-11(16)17/h3,5,7,9H,2,4,6H2,1H3,(H,14,20)(H,16,17)(H,18,19). The van der Waals surface area contributed by atoms with E-state index in [1.54, 1.807) is 11.3 Å². The summed E-state index contributed by atoms with van der Waals surface area (Å²) in [4.78, 5) is 36.6. The fourth-order valence-electron chi connectivity index (χ4n) is 2.39. The monoisotopic (exact) mass is 312 g/mol. The molecule has 0 bridgehead atoms. The van der Waals surface area contributed by atoms with Crippen LogP contribution in [0.2, 0.25) is 0 Å². The molecule has 8 heteroatoms. The molecule has 7 nitrogen and oxygen atoms in total. The van der Waals surface area contributed by atoms with E-state index in [1.165, 1.54) is 9.78 Å². The number of nitrogens with zero attached hydrogens (tertiary/aromatic N) is 1. The Kier molecular flexibility index (Phi) is 4.46. The van der Waals surface area contributed by atoms with E-state index < -0.39 is 30.4 Å². The van der Waals surface area contributed by atoms with Gasteiger partial charge in [-0.3, -0.25) is 4.79 Å². The molecule has 1 aromatic heterocycles. The van der Waals surface area contributed by atoms with Gasteiger partial charge >= 0.3 is 18.0 Å². The molecule has 21 heavy (non-hydrogen) atoms. The number of fused-ring (bicyclic) bond motifs is 1. The number of nitrogens with one attached hydrogen (secondary N) is 1. The largest absolute Gasteiger partial charge is 0.481 e. The third-order valence-electron chi connectivity index (χ3n) is 3.51. The Morgan fingerprint density at radius 2 is 2.19 bits per heavy atom. The SMILES string of the molecule is CC1c2ccsc2CCN1C(=O)NC(CC(=O)O)C(=O)O. The number of hydrogen-bond acceptors (Lipinski definition) is 4. The Labute approximate surface area is 125 Å². The van der Waals surface area contributed by atoms with Gasteiger partial charge in [-0.1, -0.05) is 0 Å². The molecular weight excluding hydrogens is 296 g/mol. The molecule has 2 rings (SSSR count). The predicted octanol–water partition coefficient (Wildman–Crippen LogP) is 1.30. The van der Waals surface area contributed by atoms with Crippen molar-refractivity contribution < 1.29 is 24.6 Å². The number of hydrogen-bond donors (Lipinski definition) is 3. The molecule has 2 atom stereocenters. The second-order valence-electron chi connectivity index (χ2n) is 4.86. The van der Waals surface area contributed by atoms with Gasteiger partial charge in [0.15, 0.2) is 0 Å². The Balaban J connectivity index is 2.06. The summed E-state index contributed by atoms with van der Waals surface area (Å²) in [5.74, 6) is -2.62. The molecule has 0 saturated carbocycles. The van der Waals surface area contributed by atoms with Gasteiger partial charge in [0.1, 0.15) is 6.04 Å². The maximum atomic E-state index is 12.2. The van der Waals surface area contributed by atoms with Crippen LogP contribution in [-0.4, -0.2) is 45.7 Å². The van der Waals surface area contributed by atoms with Crippen molar-refractivity contribution in [2.75, 3.05) is 6.54 Å². The highest BCUT2D eigenvalue weighted by atomic mass is 32.1. The van der Waals surface area contributed by atoms with Gasteiger partial charge in [-0.15, -0.1) is 11.3 Å². The average molecular weight is 312 g/mol. The number of carboxylic acid groups (broad SMARTS) is 2. The lowest BCUT2D eigenvalue weighted by Crippen LogP contribution is -2.50. The van der Waals surface area contributed by atoms with Crippen molar-refractivity contribution in [2.24, 2.45) is 0 Å². The molecule has 0 radical (unpaired) electrons. The number of rotatable bonds is 4. The Bertz CT molecular complexity index is 571. The molecule has 0 fully saturated rings. The van der Waals surface area contributed by atoms with E-state index in [2.05, 4.69) is 5.32 Å². The van der Waals surface area contributed by atoms with Gasteiger partial charge in [-0.2, -0.15) is 0 Å². The second kappa shape index (κ2) is 6.13. The zero-order valence-electron chi connectivity index (χ0n) is 11.4. The number of aliphatic carboxylic acids is 2. The van der Waals surface area contributed by atoms with Crippen molar-refractivity contribution in [1.82, 2.24) is 10.2 Å². The third-order valence-corrected chi connectivity index (χ3v) is 4.51. The van der Waals surface area contributed by atoms with Gasteiger partial charge < -0.3 is 20.4 Å². The lowest BCUT2D eigenvalue weighted by Gasteiger charge is -2.34. The molecule has 1 aliphatic heterocycles. The first kappa shape index (κ1) is 15.3. The smallest absolute Gasteiger partial charge is 0.326 e. The Morgan fingerprint density at radius 1 is 1.48 bits per heavy atom. The molecule has 2 amide bonds. The van der Waals surface area contributed by atoms with Crippen LogP contribution in [0.1, 0.15) is 29.8 Å². The molecule has 0 spiro atoms. The molecule has 114 valence electrons. The molecule has 2 unspecified atom stereocenters. The summed E-state index contributed by atoms with van der Waals surface area (Å²) >= 11 is 1.64. The van der Waals surface area contributed by atoms with E-state index >= 15 is 0 Å². The lowest BCUT2D eigenvalue weighted by molar-refractivity contribution is -0.145. The van der Waals surface area contributed by atoms with E-state index in [0.717, 1.165) is 12.0 Å². The second-order valence-corrected chi connectivity index (χ2v) is 5.86. The summed E-state index contributed by atoms with van der Waals surface area (Å²) in [6, 6.07) is -0.172. The molecule has 1 aliphatic rings. The van der Waals surface area contributed by atoms with E-state index in [1.807, 2.05) is 18.4 Å². The molecule has 1 aromatic rings. The van der Waals surface area contributed by atoms with Crippen molar-refractivity contribution in [1.29, 1.82) is 0 Å². The first-order valence-corrected chi connectivity index (χ1v) is 7.36. The van der Waals surface area contributed by atoms with Gasteiger partial charge in [-0.25, -0.2) is 9.59 Å². The minimum atomic E-state index is -1.42. The van der Waals surface area contributed by atoms with Gasteiger partial charge in [0.25, 0.3) is 0 Å². The maximum Gasteiger partial charge on any atom is 0.326 e. The average Bonchev–Trinajstić information content (AvgIpc) is 2.86. The molecule has 0 saturated heterocycles. The van der Waals surface area contributed by atoms with Crippen molar-refractivity contribution in [2.45, 2.75) is 31.8 Å². The summed E-state index contributed by atoms with van der Waals surface area (Å²) in [6.45, 7) is 2.36. The Morgan fingerprint density at radius 3 is 2.81 bits per heavy atom. The van der Waals surface area contributed by atoms with Crippen LogP contribution in [0, 0.1) is 0 Å². The first-order valence-electron chi connectivity index (χ1n) is 6.48. The van der Waals surface area contributed by atoms with E-state index in [9.17, 15) is 14.4 Å². The molecule has 2 heterocycles. The number of carbonyl (C=O) groups is 3. The molecule has 3 N–H and O–H groups in total. The quantitative estimate of drug-likeness (QED) is 0.777. The predicted molar refractivity (Wildman–Crippen MR) is 75.4 cm³/mol. The topological polar surface area (TPSA) is 107 Å². The van der Waals surface area contributed by atoms with Crippen LogP contribution < -0.4 is 5.32 Å². The van der Waals surface area contributed by atoms with Crippen LogP contribution in [0.4, 0.5) is 4.79 Å². The van der Waals surface area contributed by atoms with Crippen LogP contribution in [0.25, 0.3) is 0 Å². The summed E-state index contributed by atoms with van der Waals surface area (Å²) in [5, 5.41) is 21.9. The molecular formula is C13H16N2O5S. The fourth-order valence-corrected chi connectivity index (χ4v) is 3.36. The number of urea groups is 1. The molecule has 0 aliphatic carbocycles. The highest BCUT2D eigenvalue weighted by molar-refractivity contribution is 7.10. The number of amides is 2. The van der Waals surface area contributed by atoms with E-state index in [4.69, 9.17) is 10.2 Å². The highest BCUT2D eigenvalue weighted by Gasteiger charge is 2.31. The van der Waals surface area contributed by atoms with Crippen molar-refractivity contribution in [3.63, 3.8) is 0 Å². The van der Waals surface area contributed by atoms with Gasteiger partial charge in [0, 0.05) is 11.4 Å². The van der Waals surface area contributed by atoms with Crippen LogP contribution in [0.15, 0.2) is 11.4 Å². The van der Waals surface area contributed by atoms with Crippen LogP contribution in [0.3, 0.4) is 0 Å². The summed E-state index contributed by atoms with van der Waals surface area (Å²) in [5.41, 5.74) is 1.06. The first-order chi connectivity index (χ1) is 9.90. The highest BCUT2D eigenvalue weighted by Crippen LogP contribution is 2.32. The molecule has 0 aromatic carbocycles. The van der Waals surface area contributed by atoms with Gasteiger partial charge in [0.05, 0.1) is 12.5 Å². The van der Waals surface area contributed by atoms with Gasteiger partial charge in [0.2, 0.25) is 0 Å². The number of carboxylic acids is 2. The van der Waals surface area contributed by atoms with Crippen LogP contribution >= 0.6 is 11.3 Å². The van der Waals surface area contributed by atoms with E-state index in [-0.39, 0.29) is 6.04 Å². The van der Waals surface area contributed by atoms with Crippen molar-refractivity contribution >= 4 is 29.3 Å². The summed E-state index contributed by atoms with van der Waals surface area (Å²) < 4.78 is 0. The summed E-state index contributed by atoms with van der Waals surface area (Å²) in [7, 11) is 0.